The summed E-state index contributed by atoms with van der Waals surface area (Å²) < 4.78 is 26.7. The molecule has 1 rings (SSSR count). The van der Waals surface area contributed by atoms with E-state index in [0.717, 1.165) is 6.42 Å². The smallest absolute Gasteiger partial charge is 0.321 e. The molecule has 0 bridgehead atoms. The van der Waals surface area contributed by atoms with Gasteiger partial charge in [0.1, 0.15) is 6.04 Å². The highest BCUT2D eigenvalue weighted by atomic mass is 35.5. The first-order chi connectivity index (χ1) is 9.29. The van der Waals surface area contributed by atoms with E-state index in [4.69, 9.17) is 16.7 Å². The summed E-state index contributed by atoms with van der Waals surface area (Å²) in [6, 6.07) is 3.38. The van der Waals surface area contributed by atoms with E-state index in [1.165, 1.54) is 12.1 Å². The maximum atomic E-state index is 12.3. The number of carboxylic acids is 1. The van der Waals surface area contributed by atoms with Crippen LogP contribution in [0.3, 0.4) is 0 Å². The highest BCUT2D eigenvalue weighted by molar-refractivity contribution is 7.89. The van der Waals surface area contributed by atoms with Crippen molar-refractivity contribution in [3.63, 3.8) is 0 Å². The van der Waals surface area contributed by atoms with Gasteiger partial charge in [0.25, 0.3) is 0 Å². The lowest BCUT2D eigenvalue weighted by Gasteiger charge is -2.16. The van der Waals surface area contributed by atoms with Gasteiger partial charge >= 0.3 is 5.97 Å². The van der Waals surface area contributed by atoms with Crippen molar-refractivity contribution < 1.29 is 18.3 Å². The molecule has 0 saturated heterocycles. The molecule has 2 N–H and O–H groups in total. The van der Waals surface area contributed by atoms with Crippen LogP contribution in [0.25, 0.3) is 0 Å². The number of benzene rings is 1. The van der Waals surface area contributed by atoms with E-state index in [0.29, 0.717) is 17.0 Å². The number of carboxylic acid groups (broad SMARTS) is 1. The third-order valence-corrected chi connectivity index (χ3v) is 4.97. The molecule has 1 unspecified atom stereocenters. The average Bonchev–Trinajstić information content (AvgIpc) is 2.37. The summed E-state index contributed by atoms with van der Waals surface area (Å²) in [7, 11) is -3.90. The lowest BCUT2D eigenvalue weighted by Crippen LogP contribution is -2.40. The van der Waals surface area contributed by atoms with Gasteiger partial charge in [0.2, 0.25) is 10.0 Å². The molecule has 0 radical (unpaired) electrons. The zero-order valence-electron chi connectivity index (χ0n) is 11.4. The van der Waals surface area contributed by atoms with Crippen LogP contribution in [0.2, 0.25) is 5.02 Å². The molecule has 112 valence electrons. The first kappa shape index (κ1) is 16.9. The third kappa shape index (κ3) is 4.19. The van der Waals surface area contributed by atoms with E-state index in [2.05, 4.69) is 4.72 Å². The SMILES string of the molecule is CCCCC(NS(=O)(=O)c1cccc(Cl)c1C)C(=O)O. The molecular formula is C13H18ClNO4S. The largest absolute Gasteiger partial charge is 0.480 e. The number of aliphatic carboxylic acids is 1. The predicted molar refractivity (Wildman–Crippen MR) is 77.5 cm³/mol. The monoisotopic (exact) mass is 319 g/mol. The Bertz CT molecular complexity index is 586. The number of unbranched alkanes of at least 4 members (excludes halogenated alkanes) is 1. The fourth-order valence-electron chi connectivity index (χ4n) is 1.77. The quantitative estimate of drug-likeness (QED) is 0.809. The standard InChI is InChI=1S/C13H18ClNO4S/c1-3-4-7-11(13(16)17)15-20(18,19)12-8-5-6-10(14)9(12)2/h5-6,8,11,15H,3-4,7H2,1-2H3,(H,16,17). The van der Waals surface area contributed by atoms with Crippen molar-refractivity contribution in [2.75, 3.05) is 0 Å². The molecule has 0 aliphatic heterocycles. The summed E-state index contributed by atoms with van der Waals surface area (Å²) >= 11 is 5.89. The summed E-state index contributed by atoms with van der Waals surface area (Å²) in [4.78, 5) is 11.1. The summed E-state index contributed by atoms with van der Waals surface area (Å²) in [5, 5.41) is 9.41. The highest BCUT2D eigenvalue weighted by Crippen LogP contribution is 2.23. The van der Waals surface area contributed by atoms with Crippen molar-refractivity contribution in [1.29, 1.82) is 0 Å². The Balaban J connectivity index is 3.04. The minimum Gasteiger partial charge on any atom is -0.480 e. The van der Waals surface area contributed by atoms with Crippen LogP contribution in [0.4, 0.5) is 0 Å². The second kappa shape index (κ2) is 7.06. The van der Waals surface area contributed by atoms with E-state index in [9.17, 15) is 13.2 Å². The predicted octanol–water partition coefficient (Wildman–Crippen LogP) is 2.57. The molecule has 0 spiro atoms. The summed E-state index contributed by atoms with van der Waals surface area (Å²) in [6.07, 6.45) is 1.68. The van der Waals surface area contributed by atoms with Crippen LogP contribution in [0, 0.1) is 6.92 Å². The van der Waals surface area contributed by atoms with Crippen LogP contribution in [-0.2, 0) is 14.8 Å². The molecular weight excluding hydrogens is 302 g/mol. The average molecular weight is 320 g/mol. The van der Waals surface area contributed by atoms with Crippen LogP contribution in [-0.4, -0.2) is 25.5 Å². The van der Waals surface area contributed by atoms with Crippen molar-refractivity contribution >= 4 is 27.6 Å². The summed E-state index contributed by atoms with van der Waals surface area (Å²) in [5.41, 5.74) is 0.404. The fraction of sp³-hybridized carbons (Fsp3) is 0.462. The van der Waals surface area contributed by atoms with Crippen LogP contribution < -0.4 is 4.72 Å². The normalized spacial score (nSPS) is 13.2. The maximum absolute atomic E-state index is 12.3. The van der Waals surface area contributed by atoms with Gasteiger partial charge in [-0.15, -0.1) is 0 Å². The van der Waals surface area contributed by atoms with Gasteiger partial charge in [-0.1, -0.05) is 37.4 Å². The van der Waals surface area contributed by atoms with E-state index in [-0.39, 0.29) is 11.3 Å². The van der Waals surface area contributed by atoms with Crippen molar-refractivity contribution in [3.8, 4) is 0 Å². The minimum absolute atomic E-state index is 0.00717. The molecule has 1 aromatic carbocycles. The number of carbonyl (C=O) groups is 1. The number of halogens is 1. The van der Waals surface area contributed by atoms with Gasteiger partial charge in [-0.05, 0) is 31.0 Å². The molecule has 0 aliphatic rings. The molecule has 5 nitrogen and oxygen atoms in total. The van der Waals surface area contributed by atoms with E-state index in [1.807, 2.05) is 6.92 Å². The van der Waals surface area contributed by atoms with E-state index < -0.39 is 22.0 Å². The van der Waals surface area contributed by atoms with E-state index >= 15 is 0 Å². The number of rotatable bonds is 7. The molecule has 1 aromatic rings. The zero-order chi connectivity index (χ0) is 15.3. The summed E-state index contributed by atoms with van der Waals surface area (Å²) in [5.74, 6) is -1.18. The Morgan fingerprint density at radius 1 is 1.45 bits per heavy atom. The van der Waals surface area contributed by atoms with Crippen molar-refractivity contribution in [1.82, 2.24) is 4.72 Å². The summed E-state index contributed by atoms with van der Waals surface area (Å²) in [6.45, 7) is 3.49. The first-order valence-corrected chi connectivity index (χ1v) is 8.16. The van der Waals surface area contributed by atoms with Gasteiger partial charge in [0.15, 0.2) is 0 Å². The van der Waals surface area contributed by atoms with Crippen LogP contribution in [0.5, 0.6) is 0 Å². The minimum atomic E-state index is -3.90. The van der Waals surface area contributed by atoms with Crippen molar-refractivity contribution in [2.24, 2.45) is 0 Å². The molecule has 1 atom stereocenters. The Hall–Kier alpha value is -1.11. The Labute approximate surface area is 124 Å². The number of sulfonamides is 1. The van der Waals surface area contributed by atoms with Gasteiger partial charge < -0.3 is 5.11 Å². The number of hydrogen-bond acceptors (Lipinski definition) is 3. The zero-order valence-corrected chi connectivity index (χ0v) is 13.0. The lowest BCUT2D eigenvalue weighted by atomic mass is 10.1. The van der Waals surface area contributed by atoms with Crippen molar-refractivity contribution in [2.45, 2.75) is 44.0 Å². The van der Waals surface area contributed by atoms with Gasteiger partial charge in [-0.25, -0.2) is 8.42 Å². The van der Waals surface area contributed by atoms with Crippen LogP contribution in [0.1, 0.15) is 31.7 Å². The molecule has 20 heavy (non-hydrogen) atoms. The van der Waals surface area contributed by atoms with Gasteiger partial charge in [-0.3, -0.25) is 4.79 Å². The third-order valence-electron chi connectivity index (χ3n) is 2.95. The molecule has 0 heterocycles. The second-order valence-corrected chi connectivity index (χ2v) is 6.61. The lowest BCUT2D eigenvalue weighted by molar-refractivity contribution is -0.139. The van der Waals surface area contributed by atoms with E-state index in [1.54, 1.807) is 13.0 Å². The fourth-order valence-corrected chi connectivity index (χ4v) is 3.49. The Morgan fingerprint density at radius 3 is 2.65 bits per heavy atom. The topological polar surface area (TPSA) is 83.5 Å². The molecule has 7 heteroatoms. The van der Waals surface area contributed by atoms with Crippen LogP contribution >= 0.6 is 11.6 Å². The van der Waals surface area contributed by atoms with Crippen molar-refractivity contribution in [3.05, 3.63) is 28.8 Å². The molecule has 0 amide bonds. The van der Waals surface area contributed by atoms with Gasteiger partial charge in [0, 0.05) is 5.02 Å². The number of hydrogen-bond donors (Lipinski definition) is 2. The Morgan fingerprint density at radius 2 is 2.10 bits per heavy atom. The Kier molecular flexibility index (Phi) is 5.98. The molecule has 0 aromatic heterocycles. The molecule has 0 saturated carbocycles. The maximum Gasteiger partial charge on any atom is 0.321 e. The highest BCUT2D eigenvalue weighted by Gasteiger charge is 2.26. The van der Waals surface area contributed by atoms with Gasteiger partial charge in [0.05, 0.1) is 4.90 Å². The second-order valence-electron chi connectivity index (χ2n) is 4.52. The molecule has 0 aliphatic carbocycles. The van der Waals surface area contributed by atoms with Gasteiger partial charge in [-0.2, -0.15) is 4.72 Å². The first-order valence-electron chi connectivity index (χ1n) is 6.30. The van der Waals surface area contributed by atoms with Crippen LogP contribution in [0.15, 0.2) is 23.1 Å². The molecule has 0 fully saturated rings. The number of nitrogens with one attached hydrogen (secondary N) is 1.